The Morgan fingerprint density at radius 1 is 0.628 bits per heavy atom. The Morgan fingerprint density at radius 3 is 1.58 bits per heavy atom. The number of nitrogens with one attached hydrogen (secondary N) is 2. The summed E-state index contributed by atoms with van der Waals surface area (Å²) in [5.41, 5.74) is 1.10. The second-order valence-corrected chi connectivity index (χ2v) is 11.7. The predicted molar refractivity (Wildman–Crippen MR) is 175 cm³/mol. The lowest BCUT2D eigenvalue weighted by molar-refractivity contribution is -0.139. The largest absolute Gasteiger partial charge is 0.493 e. The van der Waals surface area contributed by atoms with Crippen molar-refractivity contribution in [3.63, 3.8) is 0 Å². The summed E-state index contributed by atoms with van der Waals surface area (Å²) >= 11 is 1.25. The summed E-state index contributed by atoms with van der Waals surface area (Å²) in [6.07, 6.45) is 21.0. The van der Waals surface area contributed by atoms with Crippen LogP contribution >= 0.6 is 11.8 Å². The van der Waals surface area contributed by atoms with E-state index >= 15 is 0 Å². The van der Waals surface area contributed by atoms with Crippen LogP contribution in [0.4, 0.5) is 11.4 Å². The van der Waals surface area contributed by atoms with E-state index in [-0.39, 0.29) is 24.8 Å². The summed E-state index contributed by atoms with van der Waals surface area (Å²) < 4.78 is 20.4. The van der Waals surface area contributed by atoms with Gasteiger partial charge in [0, 0.05) is 11.0 Å². The van der Waals surface area contributed by atoms with Gasteiger partial charge in [0.15, 0.2) is 0 Å². The molecule has 2 N–H and O–H groups in total. The molecular formula is C33H56N2O7S. The third-order valence-corrected chi connectivity index (χ3v) is 8.22. The molecule has 0 aliphatic carbocycles. The Kier molecular flexibility index (Phi) is 23.1. The lowest BCUT2D eigenvalue weighted by Crippen LogP contribution is -2.19. The SMILES string of the molecule is CCCCCCCCCCCCCCCCCCOc1cc(NCC(=O)OC)c(NCC(=O)OC)c(SCC(=O)OC)c1. The third kappa shape index (κ3) is 19.3. The average molecular weight is 625 g/mol. The molecule has 0 saturated carbocycles. The summed E-state index contributed by atoms with van der Waals surface area (Å²) in [4.78, 5) is 36.1. The van der Waals surface area contributed by atoms with Crippen LogP contribution in [0.15, 0.2) is 17.0 Å². The van der Waals surface area contributed by atoms with Crippen molar-refractivity contribution in [2.24, 2.45) is 0 Å². The highest BCUT2D eigenvalue weighted by atomic mass is 32.2. The van der Waals surface area contributed by atoms with Crippen LogP contribution in [0, 0.1) is 0 Å². The molecule has 10 heteroatoms. The van der Waals surface area contributed by atoms with Crippen molar-refractivity contribution in [1.29, 1.82) is 0 Å². The standard InChI is InChI=1S/C33H56N2O7S/c1-5-6-7-8-9-10-11-12-13-14-15-16-17-18-19-20-21-42-27-22-28(34-24-30(36)39-2)33(35-25-31(37)40-3)29(23-27)43-26-32(38)41-4/h22-23,34-35H,5-21,24-26H2,1-4H3. The van der Waals surface area contributed by atoms with Gasteiger partial charge in [0.05, 0.1) is 45.1 Å². The Morgan fingerprint density at radius 2 is 1.09 bits per heavy atom. The highest BCUT2D eigenvalue weighted by Gasteiger charge is 2.16. The summed E-state index contributed by atoms with van der Waals surface area (Å²) in [5.74, 6) is -0.604. The molecule has 0 aliphatic rings. The summed E-state index contributed by atoms with van der Waals surface area (Å²) in [5, 5.41) is 6.10. The van der Waals surface area contributed by atoms with E-state index in [2.05, 4.69) is 17.6 Å². The fourth-order valence-corrected chi connectivity index (χ4v) is 5.53. The van der Waals surface area contributed by atoms with Crippen molar-refractivity contribution in [1.82, 2.24) is 0 Å². The van der Waals surface area contributed by atoms with E-state index in [1.54, 1.807) is 6.07 Å². The Labute approximate surface area is 263 Å². The zero-order valence-electron chi connectivity index (χ0n) is 27.1. The normalized spacial score (nSPS) is 10.7. The van der Waals surface area contributed by atoms with Crippen molar-refractivity contribution >= 4 is 41.0 Å². The molecule has 0 saturated heterocycles. The van der Waals surface area contributed by atoms with Crippen LogP contribution < -0.4 is 15.4 Å². The van der Waals surface area contributed by atoms with E-state index in [0.29, 0.717) is 28.6 Å². The van der Waals surface area contributed by atoms with Crippen LogP contribution in [-0.2, 0) is 28.6 Å². The van der Waals surface area contributed by atoms with Crippen LogP contribution in [0.2, 0.25) is 0 Å². The van der Waals surface area contributed by atoms with Crippen molar-refractivity contribution in [2.45, 2.75) is 115 Å². The molecule has 246 valence electrons. The number of unbranched alkanes of at least 4 members (excludes halogenated alkanes) is 15. The molecule has 0 aromatic heterocycles. The van der Waals surface area contributed by atoms with Gasteiger partial charge >= 0.3 is 17.9 Å². The Hall–Kier alpha value is -2.62. The number of anilines is 2. The number of thioether (sulfide) groups is 1. The van der Waals surface area contributed by atoms with Gasteiger partial charge in [-0.25, -0.2) is 0 Å². The molecule has 1 aromatic rings. The zero-order chi connectivity index (χ0) is 31.5. The van der Waals surface area contributed by atoms with Crippen molar-refractivity contribution < 1.29 is 33.3 Å². The topological polar surface area (TPSA) is 112 Å². The fraction of sp³-hybridized carbons (Fsp3) is 0.727. The maximum Gasteiger partial charge on any atom is 0.325 e. The number of rotatable bonds is 27. The molecule has 43 heavy (non-hydrogen) atoms. The van der Waals surface area contributed by atoms with Gasteiger partial charge in [0.1, 0.15) is 18.8 Å². The first-order valence-corrected chi connectivity index (χ1v) is 17.1. The summed E-state index contributed by atoms with van der Waals surface area (Å²) in [6.45, 7) is 2.66. The van der Waals surface area contributed by atoms with E-state index in [1.165, 1.54) is 123 Å². The summed E-state index contributed by atoms with van der Waals surface area (Å²) in [7, 11) is 3.96. The lowest BCUT2D eigenvalue weighted by Gasteiger charge is -2.19. The first kappa shape index (κ1) is 38.4. The molecule has 9 nitrogen and oxygen atoms in total. The number of carbonyl (C=O) groups excluding carboxylic acids is 3. The molecule has 0 amide bonds. The van der Waals surface area contributed by atoms with Crippen LogP contribution in [0.3, 0.4) is 0 Å². The van der Waals surface area contributed by atoms with Gasteiger partial charge < -0.3 is 29.6 Å². The van der Waals surface area contributed by atoms with Gasteiger partial charge in [0.25, 0.3) is 0 Å². The predicted octanol–water partition coefficient (Wildman–Crippen LogP) is 7.76. The molecule has 1 aromatic carbocycles. The molecule has 0 bridgehead atoms. The Bertz CT molecular complexity index is 872. The van der Waals surface area contributed by atoms with Crippen LogP contribution in [-0.4, -0.2) is 64.7 Å². The van der Waals surface area contributed by atoms with E-state index < -0.39 is 11.9 Å². The van der Waals surface area contributed by atoms with Crippen molar-refractivity contribution in [2.75, 3.05) is 57.4 Å². The van der Waals surface area contributed by atoms with Crippen LogP contribution in [0.5, 0.6) is 5.75 Å². The van der Waals surface area contributed by atoms with E-state index in [1.807, 2.05) is 6.07 Å². The average Bonchev–Trinajstić information content (AvgIpc) is 3.02. The number of carbonyl (C=O) groups is 3. The second kappa shape index (κ2) is 25.8. The first-order chi connectivity index (χ1) is 20.9. The first-order valence-electron chi connectivity index (χ1n) is 16.1. The van der Waals surface area contributed by atoms with E-state index in [4.69, 9.17) is 18.9 Å². The molecular weight excluding hydrogens is 568 g/mol. The van der Waals surface area contributed by atoms with Gasteiger partial charge in [-0.3, -0.25) is 14.4 Å². The maximum absolute atomic E-state index is 11.8. The van der Waals surface area contributed by atoms with Gasteiger partial charge in [-0.15, -0.1) is 11.8 Å². The molecule has 0 fully saturated rings. The minimum Gasteiger partial charge on any atom is -0.493 e. The zero-order valence-corrected chi connectivity index (χ0v) is 27.9. The van der Waals surface area contributed by atoms with Gasteiger partial charge in [-0.05, 0) is 12.5 Å². The molecule has 0 heterocycles. The molecule has 1 rings (SSSR count). The van der Waals surface area contributed by atoms with Gasteiger partial charge in [-0.1, -0.05) is 103 Å². The second-order valence-electron chi connectivity index (χ2n) is 10.7. The monoisotopic (exact) mass is 624 g/mol. The molecule has 0 unspecified atom stereocenters. The number of benzene rings is 1. The lowest BCUT2D eigenvalue weighted by atomic mass is 10.0. The third-order valence-electron chi connectivity index (χ3n) is 7.20. The van der Waals surface area contributed by atoms with E-state index in [0.717, 1.165) is 12.8 Å². The molecule has 0 radical (unpaired) electrons. The number of esters is 3. The molecule has 0 spiro atoms. The highest BCUT2D eigenvalue weighted by Crippen LogP contribution is 2.38. The van der Waals surface area contributed by atoms with Crippen molar-refractivity contribution in [3.05, 3.63) is 12.1 Å². The molecule has 0 aliphatic heterocycles. The number of ether oxygens (including phenoxy) is 4. The van der Waals surface area contributed by atoms with E-state index in [9.17, 15) is 14.4 Å². The summed E-state index contributed by atoms with van der Waals surface area (Å²) in [6, 6.07) is 3.60. The number of methoxy groups -OCH3 is 3. The number of hydrogen-bond donors (Lipinski definition) is 2. The smallest absolute Gasteiger partial charge is 0.325 e. The highest BCUT2D eigenvalue weighted by molar-refractivity contribution is 8.00. The Balaban J connectivity index is 2.50. The fourth-order valence-electron chi connectivity index (χ4n) is 4.62. The van der Waals surface area contributed by atoms with Crippen LogP contribution in [0.1, 0.15) is 110 Å². The van der Waals surface area contributed by atoms with Gasteiger partial charge in [-0.2, -0.15) is 0 Å². The minimum atomic E-state index is -0.452. The maximum atomic E-state index is 11.8. The quantitative estimate of drug-likeness (QED) is 0.0436. The van der Waals surface area contributed by atoms with Gasteiger partial charge in [0.2, 0.25) is 0 Å². The molecule has 0 atom stereocenters. The van der Waals surface area contributed by atoms with Crippen LogP contribution in [0.25, 0.3) is 0 Å². The minimum absolute atomic E-state index is 0.0718. The number of hydrogen-bond acceptors (Lipinski definition) is 10. The van der Waals surface area contributed by atoms with Crippen molar-refractivity contribution in [3.8, 4) is 5.75 Å².